The molecule has 4 aromatic rings. The third kappa shape index (κ3) is 3.57. The van der Waals surface area contributed by atoms with E-state index in [2.05, 4.69) is 22.3 Å². The summed E-state index contributed by atoms with van der Waals surface area (Å²) in [4.78, 5) is 11.5. The number of halogens is 1. The molecule has 0 radical (unpaired) electrons. The van der Waals surface area contributed by atoms with Crippen molar-refractivity contribution in [2.75, 3.05) is 24.3 Å². The van der Waals surface area contributed by atoms with Crippen LogP contribution >= 0.6 is 11.6 Å². The van der Waals surface area contributed by atoms with Crippen LogP contribution in [0.4, 0.5) is 17.2 Å². The molecule has 134 valence electrons. The molecule has 0 saturated carbocycles. The number of nitrogens with zero attached hydrogens (tertiary/aromatic N) is 3. The van der Waals surface area contributed by atoms with Gasteiger partial charge in [-0.2, -0.15) is 0 Å². The highest BCUT2D eigenvalue weighted by Gasteiger charge is 2.12. The Morgan fingerprint density at radius 1 is 0.815 bits per heavy atom. The number of hydrogen-bond donors (Lipinski definition) is 1. The Morgan fingerprint density at radius 2 is 1.52 bits per heavy atom. The second-order valence-electron chi connectivity index (χ2n) is 6.46. The molecule has 0 bridgehead atoms. The number of aromatic nitrogens is 2. The van der Waals surface area contributed by atoms with Gasteiger partial charge in [0.1, 0.15) is 5.82 Å². The number of rotatable bonds is 4. The minimum Gasteiger partial charge on any atom is -0.378 e. The molecule has 27 heavy (non-hydrogen) atoms. The van der Waals surface area contributed by atoms with E-state index in [1.165, 1.54) is 0 Å². The van der Waals surface area contributed by atoms with Gasteiger partial charge in [0.2, 0.25) is 0 Å². The van der Waals surface area contributed by atoms with Gasteiger partial charge in [0, 0.05) is 36.4 Å². The highest BCUT2D eigenvalue weighted by atomic mass is 35.5. The molecule has 0 saturated heterocycles. The van der Waals surface area contributed by atoms with Crippen molar-refractivity contribution in [1.82, 2.24) is 9.97 Å². The van der Waals surface area contributed by atoms with Crippen molar-refractivity contribution < 1.29 is 0 Å². The molecule has 5 heteroatoms. The first-order chi connectivity index (χ1) is 13.1. The lowest BCUT2D eigenvalue weighted by Crippen LogP contribution is -2.08. The van der Waals surface area contributed by atoms with Crippen molar-refractivity contribution in [1.29, 1.82) is 0 Å². The summed E-state index contributed by atoms with van der Waals surface area (Å²) < 4.78 is 0. The van der Waals surface area contributed by atoms with E-state index in [4.69, 9.17) is 21.6 Å². The predicted molar refractivity (Wildman–Crippen MR) is 114 cm³/mol. The average molecular weight is 375 g/mol. The lowest BCUT2D eigenvalue weighted by Gasteiger charge is -2.14. The molecule has 0 atom stereocenters. The van der Waals surface area contributed by atoms with Crippen LogP contribution in [0.15, 0.2) is 72.8 Å². The van der Waals surface area contributed by atoms with Gasteiger partial charge < -0.3 is 10.2 Å². The maximum atomic E-state index is 6.36. The summed E-state index contributed by atoms with van der Waals surface area (Å²) in [6, 6.07) is 23.8. The molecule has 0 aliphatic heterocycles. The van der Waals surface area contributed by atoms with Crippen molar-refractivity contribution in [3.8, 4) is 11.4 Å². The number of para-hydroxylation sites is 1. The standard InChI is InChI=1S/C22H19ClN4/c1-27(2)16-13-11-15(12-14-16)24-22-18-8-4-6-10-20(18)25-21(26-22)17-7-3-5-9-19(17)23/h3-14H,1-2H3,(H,24,25,26). The second kappa shape index (κ2) is 7.25. The van der Waals surface area contributed by atoms with Crippen LogP contribution in [0.3, 0.4) is 0 Å². The molecule has 4 nitrogen and oxygen atoms in total. The van der Waals surface area contributed by atoms with Crippen LogP contribution in [0.2, 0.25) is 5.02 Å². The Bertz CT molecular complexity index is 1090. The van der Waals surface area contributed by atoms with Gasteiger partial charge in [-0.25, -0.2) is 9.97 Å². The van der Waals surface area contributed by atoms with Crippen molar-refractivity contribution in [3.05, 3.63) is 77.8 Å². The zero-order valence-corrected chi connectivity index (χ0v) is 15.9. The van der Waals surface area contributed by atoms with Gasteiger partial charge in [-0.15, -0.1) is 0 Å². The van der Waals surface area contributed by atoms with Crippen LogP contribution in [0, 0.1) is 0 Å². The largest absolute Gasteiger partial charge is 0.378 e. The quantitative estimate of drug-likeness (QED) is 0.493. The van der Waals surface area contributed by atoms with Crippen LogP contribution in [-0.2, 0) is 0 Å². The molecule has 0 spiro atoms. The minimum absolute atomic E-state index is 0.603. The van der Waals surface area contributed by atoms with Crippen LogP contribution in [0.25, 0.3) is 22.3 Å². The smallest absolute Gasteiger partial charge is 0.163 e. The van der Waals surface area contributed by atoms with Crippen molar-refractivity contribution in [2.24, 2.45) is 0 Å². The highest BCUT2D eigenvalue weighted by molar-refractivity contribution is 6.33. The normalized spacial score (nSPS) is 10.8. The third-order valence-corrected chi connectivity index (χ3v) is 4.69. The van der Waals surface area contributed by atoms with Gasteiger partial charge in [0.25, 0.3) is 0 Å². The van der Waals surface area contributed by atoms with E-state index in [-0.39, 0.29) is 0 Å². The molecule has 0 aliphatic rings. The number of fused-ring (bicyclic) bond motifs is 1. The van der Waals surface area contributed by atoms with E-state index in [1.54, 1.807) is 0 Å². The van der Waals surface area contributed by atoms with Crippen LogP contribution in [-0.4, -0.2) is 24.1 Å². The fourth-order valence-corrected chi connectivity index (χ4v) is 3.13. The summed E-state index contributed by atoms with van der Waals surface area (Å²) in [5.74, 6) is 1.36. The highest BCUT2D eigenvalue weighted by Crippen LogP contribution is 2.30. The van der Waals surface area contributed by atoms with Gasteiger partial charge >= 0.3 is 0 Å². The monoisotopic (exact) mass is 374 g/mol. The Balaban J connectivity index is 1.80. The van der Waals surface area contributed by atoms with E-state index in [0.29, 0.717) is 10.8 Å². The summed E-state index contributed by atoms with van der Waals surface area (Å²) >= 11 is 6.36. The molecule has 1 aromatic heterocycles. The SMILES string of the molecule is CN(C)c1ccc(Nc2nc(-c3ccccc3Cl)nc3ccccc23)cc1. The fourth-order valence-electron chi connectivity index (χ4n) is 2.91. The Labute approximate surface area is 163 Å². The number of hydrogen-bond acceptors (Lipinski definition) is 4. The number of nitrogens with one attached hydrogen (secondary N) is 1. The van der Waals surface area contributed by atoms with Crippen LogP contribution < -0.4 is 10.2 Å². The Morgan fingerprint density at radius 3 is 2.26 bits per heavy atom. The molecule has 3 aromatic carbocycles. The second-order valence-corrected chi connectivity index (χ2v) is 6.87. The van der Waals surface area contributed by atoms with Gasteiger partial charge in [-0.05, 0) is 48.5 Å². The molecular formula is C22H19ClN4. The zero-order valence-electron chi connectivity index (χ0n) is 15.1. The van der Waals surface area contributed by atoms with E-state index in [0.717, 1.165) is 33.7 Å². The molecule has 4 rings (SSSR count). The first-order valence-corrected chi connectivity index (χ1v) is 9.06. The maximum Gasteiger partial charge on any atom is 0.163 e. The molecule has 0 fully saturated rings. The molecule has 1 N–H and O–H groups in total. The molecular weight excluding hydrogens is 356 g/mol. The average Bonchev–Trinajstić information content (AvgIpc) is 2.68. The van der Waals surface area contributed by atoms with E-state index < -0.39 is 0 Å². The Hall–Kier alpha value is -3.11. The minimum atomic E-state index is 0.603. The van der Waals surface area contributed by atoms with E-state index in [1.807, 2.05) is 74.8 Å². The lowest BCUT2D eigenvalue weighted by atomic mass is 10.1. The Kier molecular flexibility index (Phi) is 4.65. The predicted octanol–water partition coefficient (Wildman–Crippen LogP) is 5.76. The van der Waals surface area contributed by atoms with Crippen LogP contribution in [0.1, 0.15) is 0 Å². The summed E-state index contributed by atoms with van der Waals surface area (Å²) in [5.41, 5.74) is 3.80. The van der Waals surface area contributed by atoms with E-state index in [9.17, 15) is 0 Å². The van der Waals surface area contributed by atoms with Crippen LogP contribution in [0.5, 0.6) is 0 Å². The third-order valence-electron chi connectivity index (χ3n) is 4.36. The van der Waals surface area contributed by atoms with Gasteiger partial charge in [0.15, 0.2) is 5.82 Å². The number of anilines is 3. The maximum absolute atomic E-state index is 6.36. The molecule has 0 amide bonds. The lowest BCUT2D eigenvalue weighted by molar-refractivity contribution is 1.13. The van der Waals surface area contributed by atoms with Crippen molar-refractivity contribution >= 4 is 39.7 Å². The first kappa shape index (κ1) is 17.3. The van der Waals surface area contributed by atoms with Gasteiger partial charge in [0.05, 0.1) is 10.5 Å². The first-order valence-electron chi connectivity index (χ1n) is 8.68. The molecule has 0 aliphatic carbocycles. The van der Waals surface area contributed by atoms with Crippen molar-refractivity contribution in [2.45, 2.75) is 0 Å². The summed E-state index contributed by atoms with van der Waals surface area (Å²) in [6.07, 6.45) is 0. The van der Waals surface area contributed by atoms with Gasteiger partial charge in [-0.3, -0.25) is 0 Å². The number of benzene rings is 3. The summed E-state index contributed by atoms with van der Waals surface area (Å²) in [7, 11) is 4.05. The fraction of sp³-hybridized carbons (Fsp3) is 0.0909. The summed E-state index contributed by atoms with van der Waals surface area (Å²) in [6.45, 7) is 0. The molecule has 1 heterocycles. The summed E-state index contributed by atoms with van der Waals surface area (Å²) in [5, 5.41) is 5.03. The van der Waals surface area contributed by atoms with Gasteiger partial charge in [-0.1, -0.05) is 35.9 Å². The van der Waals surface area contributed by atoms with Crippen molar-refractivity contribution in [3.63, 3.8) is 0 Å². The topological polar surface area (TPSA) is 41.0 Å². The van der Waals surface area contributed by atoms with E-state index >= 15 is 0 Å². The molecule has 0 unspecified atom stereocenters. The zero-order chi connectivity index (χ0) is 18.8.